The van der Waals surface area contributed by atoms with Crippen LogP contribution in [0.5, 0.6) is 0 Å². The number of rotatable bonds is 6. The Balaban J connectivity index is 0.00000208. The maximum Gasteiger partial charge on any atom is 0.228 e. The molecule has 1 aliphatic carbocycles. The molecule has 0 aliphatic heterocycles. The van der Waals surface area contributed by atoms with Crippen LogP contribution < -0.4 is 10.6 Å². The smallest absolute Gasteiger partial charge is 0.228 e. The number of nitrogens with zero attached hydrogens (tertiary/aromatic N) is 1. The number of benzene rings is 2. The van der Waals surface area contributed by atoms with E-state index in [1.54, 1.807) is 0 Å². The van der Waals surface area contributed by atoms with Crippen LogP contribution in [0.15, 0.2) is 60.7 Å². The topological polar surface area (TPSA) is 46.3 Å². The molecule has 1 aliphatic rings. The van der Waals surface area contributed by atoms with E-state index in [1.807, 2.05) is 65.6 Å². The highest BCUT2D eigenvalue weighted by Gasteiger charge is 2.25. The maximum atomic E-state index is 12.8. The average molecular weight is 345 g/mol. The molecule has 3 nitrogen and oxygen atoms in total. The summed E-state index contributed by atoms with van der Waals surface area (Å²) >= 11 is 0. The Bertz CT molecular complexity index is 629. The summed E-state index contributed by atoms with van der Waals surface area (Å²) in [5.41, 5.74) is 8.23. The molecule has 0 radical (unpaired) electrons. The fourth-order valence-electron chi connectivity index (χ4n) is 3.01. The van der Waals surface area contributed by atoms with Gasteiger partial charge >= 0.3 is 0 Å². The van der Waals surface area contributed by atoms with Crippen molar-refractivity contribution >= 4 is 24.0 Å². The number of amides is 1. The number of anilines is 1. The van der Waals surface area contributed by atoms with E-state index < -0.39 is 0 Å². The molecule has 0 saturated heterocycles. The van der Waals surface area contributed by atoms with Crippen LogP contribution in [0, 0.1) is 5.92 Å². The molecule has 128 valence electrons. The first-order chi connectivity index (χ1) is 11.2. The van der Waals surface area contributed by atoms with Crippen molar-refractivity contribution in [1.29, 1.82) is 0 Å². The zero-order valence-corrected chi connectivity index (χ0v) is 14.6. The monoisotopic (exact) mass is 344 g/mol. The van der Waals surface area contributed by atoms with E-state index >= 15 is 0 Å². The van der Waals surface area contributed by atoms with Crippen LogP contribution in [0.1, 0.15) is 37.3 Å². The molecule has 0 aromatic heterocycles. The summed E-state index contributed by atoms with van der Waals surface area (Å²) in [6.45, 7) is 0.810. The molecule has 0 heterocycles. The predicted octanol–water partition coefficient (Wildman–Crippen LogP) is 4.33. The van der Waals surface area contributed by atoms with Gasteiger partial charge in [-0.2, -0.15) is 0 Å². The first-order valence-electron chi connectivity index (χ1n) is 8.40. The minimum Gasteiger partial charge on any atom is -0.324 e. The Morgan fingerprint density at radius 3 is 2.17 bits per heavy atom. The van der Waals surface area contributed by atoms with Crippen LogP contribution in [0.4, 0.5) is 5.69 Å². The quantitative estimate of drug-likeness (QED) is 0.847. The van der Waals surface area contributed by atoms with Crippen LogP contribution in [0.3, 0.4) is 0 Å². The molecule has 1 fully saturated rings. The Morgan fingerprint density at radius 2 is 1.62 bits per heavy atom. The van der Waals surface area contributed by atoms with Gasteiger partial charge < -0.3 is 10.6 Å². The van der Waals surface area contributed by atoms with Crippen molar-refractivity contribution < 1.29 is 4.79 Å². The molecule has 4 heteroatoms. The molecule has 24 heavy (non-hydrogen) atoms. The third-order valence-corrected chi connectivity index (χ3v) is 4.66. The zero-order chi connectivity index (χ0) is 16.1. The summed E-state index contributed by atoms with van der Waals surface area (Å²) in [6.07, 6.45) is 4.07. The molecule has 2 aromatic rings. The van der Waals surface area contributed by atoms with Crippen molar-refractivity contribution in [2.45, 2.75) is 31.7 Å². The summed E-state index contributed by atoms with van der Waals surface area (Å²) in [7, 11) is 0. The minimum atomic E-state index is -0.253. The summed E-state index contributed by atoms with van der Waals surface area (Å²) in [4.78, 5) is 14.8. The number of para-hydroxylation sites is 1. The molecule has 3 rings (SSSR count). The lowest BCUT2D eigenvalue weighted by Gasteiger charge is -2.33. The van der Waals surface area contributed by atoms with Crippen molar-refractivity contribution in [3.8, 4) is 0 Å². The Hall–Kier alpha value is -1.84. The Morgan fingerprint density at radius 1 is 1.04 bits per heavy atom. The minimum absolute atomic E-state index is 0. The highest BCUT2D eigenvalue weighted by molar-refractivity contribution is 5.93. The van der Waals surface area contributed by atoms with Crippen LogP contribution >= 0.6 is 12.4 Å². The van der Waals surface area contributed by atoms with Gasteiger partial charge in [0.15, 0.2) is 0 Å². The van der Waals surface area contributed by atoms with Gasteiger partial charge in [-0.3, -0.25) is 4.79 Å². The SMILES string of the molecule is Cl.NC(CC(=O)N(CC1CCC1)c1ccccc1)c1ccccc1. The lowest BCUT2D eigenvalue weighted by atomic mass is 9.85. The van der Waals surface area contributed by atoms with E-state index in [1.165, 1.54) is 19.3 Å². The van der Waals surface area contributed by atoms with Crippen LogP contribution in [-0.2, 0) is 4.79 Å². The van der Waals surface area contributed by atoms with Gasteiger partial charge in [0, 0.05) is 24.7 Å². The number of hydrogen-bond acceptors (Lipinski definition) is 2. The number of halogens is 1. The lowest BCUT2D eigenvalue weighted by Crippen LogP contribution is -2.38. The van der Waals surface area contributed by atoms with Gasteiger partial charge in [-0.25, -0.2) is 0 Å². The second-order valence-electron chi connectivity index (χ2n) is 6.36. The van der Waals surface area contributed by atoms with Gasteiger partial charge in [-0.1, -0.05) is 55.0 Å². The first-order valence-corrected chi connectivity index (χ1v) is 8.40. The summed E-state index contributed by atoms with van der Waals surface area (Å²) in [5, 5.41) is 0. The lowest BCUT2D eigenvalue weighted by molar-refractivity contribution is -0.119. The summed E-state index contributed by atoms with van der Waals surface area (Å²) < 4.78 is 0. The van der Waals surface area contributed by atoms with Crippen molar-refractivity contribution in [3.63, 3.8) is 0 Å². The van der Waals surface area contributed by atoms with Gasteiger partial charge in [-0.05, 0) is 36.5 Å². The van der Waals surface area contributed by atoms with E-state index in [0.717, 1.165) is 17.8 Å². The second kappa shape index (κ2) is 8.86. The highest BCUT2D eigenvalue weighted by atomic mass is 35.5. The number of nitrogens with two attached hydrogens (primary N) is 1. The third-order valence-electron chi connectivity index (χ3n) is 4.66. The molecule has 0 bridgehead atoms. The highest BCUT2D eigenvalue weighted by Crippen LogP contribution is 2.30. The molecule has 1 unspecified atom stereocenters. The van der Waals surface area contributed by atoms with Gasteiger partial charge in [-0.15, -0.1) is 12.4 Å². The van der Waals surface area contributed by atoms with Crippen molar-refractivity contribution in [3.05, 3.63) is 66.2 Å². The average Bonchev–Trinajstić information content (AvgIpc) is 2.55. The van der Waals surface area contributed by atoms with Gasteiger partial charge in [0.05, 0.1) is 0 Å². The van der Waals surface area contributed by atoms with Crippen LogP contribution in [0.25, 0.3) is 0 Å². The number of carbonyl (C=O) groups excluding carboxylic acids is 1. The van der Waals surface area contributed by atoms with E-state index in [0.29, 0.717) is 12.3 Å². The van der Waals surface area contributed by atoms with Gasteiger partial charge in [0.25, 0.3) is 0 Å². The van der Waals surface area contributed by atoms with E-state index in [9.17, 15) is 4.79 Å². The van der Waals surface area contributed by atoms with Crippen molar-refractivity contribution in [2.75, 3.05) is 11.4 Å². The maximum absolute atomic E-state index is 12.8. The van der Waals surface area contributed by atoms with Crippen molar-refractivity contribution in [2.24, 2.45) is 11.7 Å². The molecule has 1 saturated carbocycles. The van der Waals surface area contributed by atoms with Crippen LogP contribution in [-0.4, -0.2) is 12.5 Å². The normalized spacial score (nSPS) is 15.0. The standard InChI is InChI=1S/C20H24N2O.ClH/c21-19(17-10-3-1-4-11-17)14-20(23)22(15-16-8-7-9-16)18-12-5-2-6-13-18;/h1-6,10-13,16,19H,7-9,14-15,21H2;1H. The summed E-state index contributed by atoms with van der Waals surface area (Å²) in [6, 6.07) is 19.5. The first kappa shape index (κ1) is 18.5. The molecule has 2 N–H and O–H groups in total. The van der Waals surface area contributed by atoms with Crippen molar-refractivity contribution in [1.82, 2.24) is 0 Å². The number of carbonyl (C=O) groups is 1. The zero-order valence-electron chi connectivity index (χ0n) is 13.8. The fourth-order valence-corrected chi connectivity index (χ4v) is 3.01. The van der Waals surface area contributed by atoms with Crippen LogP contribution in [0.2, 0.25) is 0 Å². The third kappa shape index (κ3) is 4.59. The molecule has 0 spiro atoms. The predicted molar refractivity (Wildman–Crippen MR) is 101 cm³/mol. The molecular formula is C20H25ClN2O. The molecule has 2 aromatic carbocycles. The van der Waals surface area contributed by atoms with E-state index in [2.05, 4.69) is 0 Å². The van der Waals surface area contributed by atoms with Gasteiger partial charge in [0.2, 0.25) is 5.91 Å². The second-order valence-corrected chi connectivity index (χ2v) is 6.36. The Labute approximate surface area is 150 Å². The Kier molecular flexibility index (Phi) is 6.83. The molecule has 1 atom stereocenters. The van der Waals surface area contributed by atoms with E-state index in [-0.39, 0.29) is 24.4 Å². The fraction of sp³-hybridized carbons (Fsp3) is 0.350. The molecule has 1 amide bonds. The number of hydrogen-bond donors (Lipinski definition) is 1. The largest absolute Gasteiger partial charge is 0.324 e. The van der Waals surface area contributed by atoms with E-state index in [4.69, 9.17) is 5.73 Å². The summed E-state index contributed by atoms with van der Waals surface area (Å²) in [5.74, 6) is 0.742. The van der Waals surface area contributed by atoms with Gasteiger partial charge in [0.1, 0.15) is 0 Å². The molecular weight excluding hydrogens is 320 g/mol.